The molecule has 0 saturated carbocycles. The number of fused-ring (bicyclic) bond motifs is 1. The van der Waals surface area contributed by atoms with Gasteiger partial charge in [-0.05, 0) is 30.7 Å². The first-order valence-corrected chi connectivity index (χ1v) is 7.75. The molecule has 1 aromatic carbocycles. The zero-order valence-corrected chi connectivity index (χ0v) is 13.0. The molecule has 1 N–H and O–H groups in total. The molecule has 0 spiro atoms. The standard InChI is InChI=1S/C17H18N4O2/c1-12-15(11-19-17(20-12)21-7-5-18-6-8-21)13-2-3-16-14(10-13)4-9-22-23-16/h2-4,9-11,18H,5-8H2,1H3. The van der Waals surface area contributed by atoms with E-state index in [2.05, 4.69) is 21.3 Å². The van der Waals surface area contributed by atoms with Crippen LogP contribution in [0.4, 0.5) is 5.95 Å². The van der Waals surface area contributed by atoms with Gasteiger partial charge in [-0.15, -0.1) is 0 Å². The lowest BCUT2D eigenvalue weighted by Gasteiger charge is -2.27. The fourth-order valence-electron chi connectivity index (χ4n) is 2.86. The van der Waals surface area contributed by atoms with Crippen LogP contribution in [-0.2, 0) is 4.89 Å². The minimum atomic E-state index is 0.715. The maximum atomic E-state index is 5.11. The lowest BCUT2D eigenvalue weighted by atomic mass is 10.0. The molecular formula is C17H18N4O2. The number of benzene rings is 1. The van der Waals surface area contributed by atoms with Crippen molar-refractivity contribution in [1.29, 1.82) is 0 Å². The van der Waals surface area contributed by atoms with Crippen molar-refractivity contribution in [3.63, 3.8) is 0 Å². The number of nitrogens with zero attached hydrogens (tertiary/aromatic N) is 3. The number of hydrogen-bond acceptors (Lipinski definition) is 6. The van der Waals surface area contributed by atoms with Crippen molar-refractivity contribution in [2.75, 3.05) is 31.1 Å². The highest BCUT2D eigenvalue weighted by atomic mass is 17.2. The minimum Gasteiger partial charge on any atom is -0.338 e. The highest BCUT2D eigenvalue weighted by Gasteiger charge is 2.16. The van der Waals surface area contributed by atoms with Crippen LogP contribution in [0.1, 0.15) is 11.3 Å². The van der Waals surface area contributed by atoms with Gasteiger partial charge in [-0.2, -0.15) is 0 Å². The van der Waals surface area contributed by atoms with Crippen molar-refractivity contribution < 1.29 is 9.78 Å². The number of piperazine rings is 1. The summed E-state index contributed by atoms with van der Waals surface area (Å²) in [7, 11) is 0. The first-order chi connectivity index (χ1) is 11.3. The lowest BCUT2D eigenvalue weighted by Crippen LogP contribution is -2.44. The summed E-state index contributed by atoms with van der Waals surface area (Å²) >= 11 is 0. The van der Waals surface area contributed by atoms with Crippen molar-refractivity contribution in [2.45, 2.75) is 6.92 Å². The second kappa shape index (κ2) is 5.89. The molecule has 0 amide bonds. The normalized spacial score (nSPS) is 16.5. The molecule has 1 saturated heterocycles. The van der Waals surface area contributed by atoms with E-state index in [0.717, 1.165) is 54.5 Å². The van der Waals surface area contributed by atoms with Gasteiger partial charge in [-0.1, -0.05) is 6.07 Å². The molecule has 6 heteroatoms. The van der Waals surface area contributed by atoms with Gasteiger partial charge >= 0.3 is 0 Å². The Morgan fingerprint density at radius 3 is 2.91 bits per heavy atom. The molecule has 118 valence electrons. The summed E-state index contributed by atoms with van der Waals surface area (Å²) in [6, 6.07) is 5.96. The van der Waals surface area contributed by atoms with Crippen LogP contribution in [0.5, 0.6) is 5.75 Å². The zero-order valence-electron chi connectivity index (χ0n) is 13.0. The zero-order chi connectivity index (χ0) is 15.6. The molecule has 3 heterocycles. The van der Waals surface area contributed by atoms with E-state index in [-0.39, 0.29) is 0 Å². The maximum Gasteiger partial charge on any atom is 0.225 e. The van der Waals surface area contributed by atoms with Gasteiger partial charge in [0.25, 0.3) is 0 Å². The van der Waals surface area contributed by atoms with Gasteiger partial charge in [-0.25, -0.2) is 9.97 Å². The number of aryl methyl sites for hydroxylation is 1. The van der Waals surface area contributed by atoms with E-state index in [0.29, 0.717) is 5.75 Å². The molecule has 4 rings (SSSR count). The van der Waals surface area contributed by atoms with E-state index in [1.165, 1.54) is 6.26 Å². The van der Waals surface area contributed by atoms with E-state index in [9.17, 15) is 0 Å². The summed E-state index contributed by atoms with van der Waals surface area (Å²) in [5.41, 5.74) is 4.07. The Morgan fingerprint density at radius 1 is 1.22 bits per heavy atom. The third-order valence-electron chi connectivity index (χ3n) is 4.13. The quantitative estimate of drug-likeness (QED) is 0.858. The third kappa shape index (κ3) is 2.73. The van der Waals surface area contributed by atoms with Crippen LogP contribution in [-0.4, -0.2) is 36.1 Å². The average Bonchev–Trinajstić information content (AvgIpc) is 2.62. The van der Waals surface area contributed by atoms with Crippen molar-refractivity contribution in [3.8, 4) is 16.9 Å². The molecule has 2 aromatic rings. The fraction of sp³-hybridized carbons (Fsp3) is 0.294. The van der Waals surface area contributed by atoms with Gasteiger partial charge in [0.2, 0.25) is 5.95 Å². The Hall–Kier alpha value is -2.60. The first kappa shape index (κ1) is 14.0. The molecule has 0 bridgehead atoms. The highest BCUT2D eigenvalue weighted by Crippen LogP contribution is 2.31. The smallest absolute Gasteiger partial charge is 0.225 e. The summed E-state index contributed by atoms with van der Waals surface area (Å²) in [6.07, 6.45) is 5.32. The van der Waals surface area contributed by atoms with Gasteiger partial charge in [0.1, 0.15) is 6.26 Å². The van der Waals surface area contributed by atoms with Crippen LogP contribution >= 0.6 is 0 Å². The first-order valence-electron chi connectivity index (χ1n) is 7.75. The summed E-state index contributed by atoms with van der Waals surface area (Å²) < 4.78 is 0. The fourth-order valence-corrected chi connectivity index (χ4v) is 2.86. The van der Waals surface area contributed by atoms with Crippen molar-refractivity contribution in [1.82, 2.24) is 15.3 Å². The summed E-state index contributed by atoms with van der Waals surface area (Å²) in [5, 5.41) is 3.34. The summed E-state index contributed by atoms with van der Waals surface area (Å²) in [5.74, 6) is 1.52. The third-order valence-corrected chi connectivity index (χ3v) is 4.13. The summed E-state index contributed by atoms with van der Waals surface area (Å²) in [4.78, 5) is 21.4. The number of hydrogen-bond donors (Lipinski definition) is 1. The molecule has 2 aliphatic rings. The second-order valence-corrected chi connectivity index (χ2v) is 5.64. The van der Waals surface area contributed by atoms with Crippen LogP contribution in [0, 0.1) is 6.92 Å². The van der Waals surface area contributed by atoms with Crippen molar-refractivity contribution >= 4 is 12.0 Å². The number of rotatable bonds is 2. The average molecular weight is 310 g/mol. The second-order valence-electron chi connectivity index (χ2n) is 5.64. The Labute approximate surface area is 134 Å². The molecular weight excluding hydrogens is 292 g/mol. The van der Waals surface area contributed by atoms with E-state index >= 15 is 0 Å². The van der Waals surface area contributed by atoms with Gasteiger partial charge in [-0.3, -0.25) is 9.78 Å². The molecule has 0 radical (unpaired) electrons. The van der Waals surface area contributed by atoms with E-state index in [1.54, 1.807) is 0 Å². The molecule has 0 aliphatic carbocycles. The van der Waals surface area contributed by atoms with Crippen LogP contribution < -0.4 is 15.1 Å². The predicted octanol–water partition coefficient (Wildman–Crippen LogP) is 2.16. The molecule has 6 nitrogen and oxygen atoms in total. The van der Waals surface area contributed by atoms with E-state index in [4.69, 9.17) is 14.8 Å². The van der Waals surface area contributed by atoms with Gasteiger partial charge in [0.15, 0.2) is 5.75 Å². The van der Waals surface area contributed by atoms with E-state index in [1.807, 2.05) is 31.3 Å². The van der Waals surface area contributed by atoms with Crippen LogP contribution in [0.2, 0.25) is 0 Å². The Balaban J connectivity index is 1.66. The molecule has 2 aliphatic heterocycles. The lowest BCUT2D eigenvalue weighted by molar-refractivity contribution is -0.151. The Bertz CT molecular complexity index is 754. The van der Waals surface area contributed by atoms with Crippen LogP contribution in [0.15, 0.2) is 30.7 Å². The van der Waals surface area contributed by atoms with Gasteiger partial charge < -0.3 is 10.2 Å². The number of aromatic nitrogens is 2. The SMILES string of the molecule is Cc1nc(N2CCNCC2)ncc1-c1ccc2c(c1)C=COO2. The molecule has 0 atom stereocenters. The molecule has 1 aromatic heterocycles. The Kier molecular flexibility index (Phi) is 3.59. The number of nitrogens with one attached hydrogen (secondary N) is 1. The minimum absolute atomic E-state index is 0.715. The van der Waals surface area contributed by atoms with Crippen LogP contribution in [0.3, 0.4) is 0 Å². The molecule has 0 unspecified atom stereocenters. The van der Waals surface area contributed by atoms with Gasteiger partial charge in [0, 0.05) is 43.5 Å². The van der Waals surface area contributed by atoms with Crippen molar-refractivity contribution in [2.24, 2.45) is 0 Å². The number of anilines is 1. The largest absolute Gasteiger partial charge is 0.338 e. The van der Waals surface area contributed by atoms with Crippen molar-refractivity contribution in [3.05, 3.63) is 41.9 Å². The maximum absolute atomic E-state index is 5.11. The van der Waals surface area contributed by atoms with Gasteiger partial charge in [0.05, 0.1) is 5.69 Å². The predicted molar refractivity (Wildman–Crippen MR) is 88.0 cm³/mol. The molecule has 23 heavy (non-hydrogen) atoms. The van der Waals surface area contributed by atoms with E-state index < -0.39 is 0 Å². The van der Waals surface area contributed by atoms with Crippen LogP contribution in [0.25, 0.3) is 17.2 Å². The molecule has 1 fully saturated rings. The Morgan fingerprint density at radius 2 is 2.09 bits per heavy atom. The monoisotopic (exact) mass is 310 g/mol. The summed E-state index contributed by atoms with van der Waals surface area (Å²) in [6.45, 7) is 5.86. The highest BCUT2D eigenvalue weighted by molar-refractivity contribution is 5.71. The topological polar surface area (TPSA) is 59.5 Å².